The second-order valence-electron chi connectivity index (χ2n) is 7.08. The second kappa shape index (κ2) is 8.79. The Morgan fingerprint density at radius 1 is 0.871 bits per heavy atom. The summed E-state index contributed by atoms with van der Waals surface area (Å²) in [6, 6.07) is 25.4. The predicted octanol–water partition coefficient (Wildman–Crippen LogP) is 5.34. The zero-order valence-electron chi connectivity index (χ0n) is 17.2. The molecule has 0 aliphatic heterocycles. The molecular weight excluding hydrogens is 390 g/mol. The van der Waals surface area contributed by atoms with Crippen molar-refractivity contribution in [3.63, 3.8) is 0 Å². The zero-order chi connectivity index (χ0) is 21.8. The number of benzene rings is 3. The van der Waals surface area contributed by atoms with E-state index < -0.39 is 12.1 Å². The molecule has 4 rings (SSSR count). The summed E-state index contributed by atoms with van der Waals surface area (Å²) in [6.45, 7) is 1.58. The molecule has 31 heavy (non-hydrogen) atoms. The highest BCUT2D eigenvalue weighted by Crippen LogP contribution is 2.26. The van der Waals surface area contributed by atoms with Crippen molar-refractivity contribution in [3.8, 4) is 17.0 Å². The molecule has 0 fully saturated rings. The molecule has 0 bridgehead atoms. The fourth-order valence-electron chi connectivity index (χ4n) is 3.37. The third kappa shape index (κ3) is 4.31. The van der Waals surface area contributed by atoms with E-state index in [2.05, 4.69) is 4.98 Å². The summed E-state index contributed by atoms with van der Waals surface area (Å²) in [5.41, 5.74) is 3.07. The number of para-hydroxylation sites is 1. The Bertz CT molecular complexity index is 1230. The highest BCUT2D eigenvalue weighted by atomic mass is 16.5. The maximum absolute atomic E-state index is 13.1. The molecule has 0 saturated heterocycles. The maximum atomic E-state index is 13.1. The van der Waals surface area contributed by atoms with Gasteiger partial charge in [-0.05, 0) is 43.3 Å². The van der Waals surface area contributed by atoms with Crippen molar-refractivity contribution < 1.29 is 19.1 Å². The molecule has 0 aliphatic carbocycles. The number of aromatic nitrogens is 1. The summed E-state index contributed by atoms with van der Waals surface area (Å²) in [6.07, 6.45) is -0.937. The van der Waals surface area contributed by atoms with E-state index in [1.54, 1.807) is 44.4 Å². The number of carbonyl (C=O) groups is 2. The third-order valence-corrected chi connectivity index (χ3v) is 5.03. The van der Waals surface area contributed by atoms with Gasteiger partial charge in [-0.2, -0.15) is 0 Å². The van der Waals surface area contributed by atoms with Crippen LogP contribution < -0.4 is 4.74 Å². The lowest BCUT2D eigenvalue weighted by atomic mass is 10.0. The van der Waals surface area contributed by atoms with E-state index in [9.17, 15) is 9.59 Å². The lowest BCUT2D eigenvalue weighted by molar-refractivity contribution is 0.0320. The molecule has 3 aromatic carbocycles. The number of nitrogens with zero attached hydrogens (tertiary/aromatic N) is 1. The fourth-order valence-corrected chi connectivity index (χ4v) is 3.37. The number of esters is 1. The van der Waals surface area contributed by atoms with Gasteiger partial charge in [0, 0.05) is 16.5 Å². The van der Waals surface area contributed by atoms with Crippen molar-refractivity contribution in [2.75, 3.05) is 7.11 Å². The molecule has 0 spiro atoms. The summed E-state index contributed by atoms with van der Waals surface area (Å²) in [5, 5.41) is 0.677. The lowest BCUT2D eigenvalue weighted by Crippen LogP contribution is -2.24. The lowest BCUT2D eigenvalue weighted by Gasteiger charge is -2.14. The topological polar surface area (TPSA) is 65.5 Å². The van der Waals surface area contributed by atoms with Crippen LogP contribution in [0.3, 0.4) is 0 Å². The SMILES string of the molecule is COc1ccc(C(=O)[C@@H](C)OC(=O)c2cc(-c3ccccc3)nc3ccccc23)cc1. The number of hydrogen-bond acceptors (Lipinski definition) is 5. The Morgan fingerprint density at radius 2 is 1.55 bits per heavy atom. The molecule has 0 amide bonds. The average molecular weight is 411 g/mol. The molecule has 154 valence electrons. The Morgan fingerprint density at radius 3 is 2.26 bits per heavy atom. The minimum absolute atomic E-state index is 0.280. The average Bonchev–Trinajstić information content (AvgIpc) is 2.83. The van der Waals surface area contributed by atoms with E-state index in [0.717, 1.165) is 5.56 Å². The van der Waals surface area contributed by atoms with Crippen LogP contribution in [0.2, 0.25) is 0 Å². The first-order valence-corrected chi connectivity index (χ1v) is 9.91. The molecule has 1 heterocycles. The Balaban J connectivity index is 1.64. The molecule has 5 heteroatoms. The van der Waals surface area contributed by atoms with E-state index >= 15 is 0 Å². The van der Waals surface area contributed by atoms with Crippen molar-refractivity contribution in [2.24, 2.45) is 0 Å². The molecule has 0 N–H and O–H groups in total. The van der Waals surface area contributed by atoms with E-state index in [-0.39, 0.29) is 5.78 Å². The Labute approximate surface area is 180 Å². The normalized spacial score (nSPS) is 11.7. The van der Waals surface area contributed by atoms with Gasteiger partial charge >= 0.3 is 5.97 Å². The minimum atomic E-state index is -0.937. The van der Waals surface area contributed by atoms with Gasteiger partial charge in [-0.1, -0.05) is 48.5 Å². The van der Waals surface area contributed by atoms with Crippen LogP contribution in [0.25, 0.3) is 22.2 Å². The van der Waals surface area contributed by atoms with Crippen LogP contribution in [-0.2, 0) is 4.74 Å². The van der Waals surface area contributed by atoms with Crippen molar-refractivity contribution in [2.45, 2.75) is 13.0 Å². The maximum Gasteiger partial charge on any atom is 0.339 e. The molecule has 0 radical (unpaired) electrons. The van der Waals surface area contributed by atoms with Gasteiger partial charge in [0.25, 0.3) is 0 Å². The molecule has 1 atom stereocenters. The minimum Gasteiger partial charge on any atom is -0.497 e. The van der Waals surface area contributed by atoms with Gasteiger partial charge in [0.05, 0.1) is 23.9 Å². The molecular formula is C26H21NO4. The van der Waals surface area contributed by atoms with Crippen molar-refractivity contribution in [1.82, 2.24) is 4.98 Å². The summed E-state index contributed by atoms with van der Waals surface area (Å²) in [4.78, 5) is 30.5. The predicted molar refractivity (Wildman–Crippen MR) is 119 cm³/mol. The number of ketones is 1. The van der Waals surface area contributed by atoms with Crippen LogP contribution >= 0.6 is 0 Å². The van der Waals surface area contributed by atoms with Gasteiger partial charge < -0.3 is 9.47 Å². The quantitative estimate of drug-likeness (QED) is 0.317. The molecule has 0 unspecified atom stereocenters. The fraction of sp³-hybridized carbons (Fsp3) is 0.115. The molecule has 4 aromatic rings. The van der Waals surface area contributed by atoms with E-state index in [1.807, 2.05) is 54.6 Å². The Hall–Kier alpha value is -3.99. The van der Waals surface area contributed by atoms with Crippen LogP contribution in [0.5, 0.6) is 5.75 Å². The van der Waals surface area contributed by atoms with Crippen LogP contribution in [0.1, 0.15) is 27.6 Å². The first kappa shape index (κ1) is 20.3. The van der Waals surface area contributed by atoms with Gasteiger partial charge in [-0.3, -0.25) is 4.79 Å². The smallest absolute Gasteiger partial charge is 0.339 e. The third-order valence-electron chi connectivity index (χ3n) is 5.03. The first-order valence-electron chi connectivity index (χ1n) is 9.91. The molecule has 0 aliphatic rings. The summed E-state index contributed by atoms with van der Waals surface area (Å²) < 4.78 is 10.7. The van der Waals surface area contributed by atoms with Crippen molar-refractivity contribution in [1.29, 1.82) is 0 Å². The molecule has 5 nitrogen and oxygen atoms in total. The highest BCUT2D eigenvalue weighted by Gasteiger charge is 2.22. The molecule has 1 aromatic heterocycles. The van der Waals surface area contributed by atoms with E-state index in [4.69, 9.17) is 9.47 Å². The number of hydrogen-bond donors (Lipinski definition) is 0. The number of pyridine rings is 1. The number of ether oxygens (including phenoxy) is 2. The van der Waals surface area contributed by atoms with Crippen LogP contribution in [-0.4, -0.2) is 30.0 Å². The first-order chi connectivity index (χ1) is 15.1. The number of fused-ring (bicyclic) bond motifs is 1. The number of carbonyl (C=O) groups excluding carboxylic acids is 2. The number of methoxy groups -OCH3 is 1. The van der Waals surface area contributed by atoms with E-state index in [1.165, 1.54) is 0 Å². The van der Waals surface area contributed by atoms with Gasteiger partial charge in [-0.15, -0.1) is 0 Å². The van der Waals surface area contributed by atoms with Crippen molar-refractivity contribution >= 4 is 22.7 Å². The summed E-state index contributed by atoms with van der Waals surface area (Å²) >= 11 is 0. The standard InChI is InChI=1S/C26H21NO4/c1-17(25(28)19-12-14-20(30-2)15-13-19)31-26(29)22-16-24(18-8-4-3-5-9-18)27-23-11-7-6-10-21(22)23/h3-17H,1-2H3/t17-/m1/s1. The summed E-state index contributed by atoms with van der Waals surface area (Å²) in [5.74, 6) is -0.194. The van der Waals surface area contributed by atoms with E-state index in [0.29, 0.717) is 33.5 Å². The van der Waals surface area contributed by atoms with Crippen LogP contribution in [0, 0.1) is 0 Å². The van der Waals surface area contributed by atoms with Crippen LogP contribution in [0.15, 0.2) is 84.9 Å². The largest absolute Gasteiger partial charge is 0.497 e. The number of rotatable bonds is 6. The van der Waals surface area contributed by atoms with Gasteiger partial charge in [0.15, 0.2) is 6.10 Å². The number of Topliss-reactive ketones (excluding diaryl/α,β-unsaturated/α-hetero) is 1. The monoisotopic (exact) mass is 411 g/mol. The van der Waals surface area contributed by atoms with Gasteiger partial charge in [-0.25, -0.2) is 9.78 Å². The zero-order valence-corrected chi connectivity index (χ0v) is 17.2. The Kier molecular flexibility index (Phi) is 5.76. The highest BCUT2D eigenvalue weighted by molar-refractivity contribution is 6.06. The van der Waals surface area contributed by atoms with Crippen LogP contribution in [0.4, 0.5) is 0 Å². The van der Waals surface area contributed by atoms with Gasteiger partial charge in [0.1, 0.15) is 5.75 Å². The van der Waals surface area contributed by atoms with Gasteiger partial charge in [0.2, 0.25) is 5.78 Å². The summed E-state index contributed by atoms with van der Waals surface area (Å²) in [7, 11) is 1.56. The second-order valence-corrected chi connectivity index (χ2v) is 7.08. The van der Waals surface area contributed by atoms with Crippen molar-refractivity contribution in [3.05, 3.63) is 96.1 Å². The molecule has 0 saturated carbocycles.